The van der Waals surface area contributed by atoms with Crippen molar-refractivity contribution in [2.75, 3.05) is 19.0 Å². The molecule has 0 saturated carbocycles. The molecule has 0 radical (unpaired) electrons. The maximum atomic E-state index is 12.4. The molecule has 3 rings (SSSR count). The lowest BCUT2D eigenvalue weighted by atomic mass is 10.1. The van der Waals surface area contributed by atoms with Gasteiger partial charge in [-0.2, -0.15) is 0 Å². The third-order valence-electron chi connectivity index (χ3n) is 3.82. The summed E-state index contributed by atoms with van der Waals surface area (Å²) in [7, 11) is 1.59. The highest BCUT2D eigenvalue weighted by molar-refractivity contribution is 5.89. The van der Waals surface area contributed by atoms with Crippen molar-refractivity contribution in [1.29, 1.82) is 0 Å². The number of carbonyl (C=O) groups excluding carboxylic acids is 1. The number of methoxy groups -OCH3 is 1. The minimum atomic E-state index is -0.235. The molecule has 0 atom stereocenters. The zero-order valence-corrected chi connectivity index (χ0v) is 13.0. The summed E-state index contributed by atoms with van der Waals surface area (Å²) in [5, 5.41) is 2.82. The first-order valence-corrected chi connectivity index (χ1v) is 7.35. The molecule has 0 fully saturated rings. The Kier molecular flexibility index (Phi) is 4.01. The van der Waals surface area contributed by atoms with Crippen molar-refractivity contribution in [1.82, 2.24) is 14.9 Å². The Morgan fingerprint density at radius 1 is 1.35 bits per heavy atom. The smallest absolute Gasteiger partial charge is 0.322 e. The largest absolute Gasteiger partial charge is 0.497 e. The number of urea groups is 1. The van der Waals surface area contributed by atoms with Crippen molar-refractivity contribution < 1.29 is 9.53 Å². The second kappa shape index (κ2) is 6.12. The van der Waals surface area contributed by atoms with Crippen LogP contribution in [0, 0.1) is 6.92 Å². The van der Waals surface area contributed by atoms with Crippen LogP contribution in [0.15, 0.2) is 29.1 Å². The molecule has 0 unspecified atom stereocenters. The van der Waals surface area contributed by atoms with Gasteiger partial charge in [0.05, 0.1) is 24.9 Å². The third-order valence-corrected chi connectivity index (χ3v) is 3.82. The zero-order valence-electron chi connectivity index (χ0n) is 13.0. The lowest BCUT2D eigenvalue weighted by Gasteiger charge is -2.27. The van der Waals surface area contributed by atoms with Crippen LogP contribution in [0.3, 0.4) is 0 Å². The van der Waals surface area contributed by atoms with Crippen LogP contribution in [-0.2, 0) is 13.0 Å². The van der Waals surface area contributed by atoms with E-state index >= 15 is 0 Å². The SMILES string of the molecule is COc1ccc(NC(=O)N2CCc3nc(C)[nH]c(=O)c3C2)cc1. The van der Waals surface area contributed by atoms with Crippen molar-refractivity contribution in [2.24, 2.45) is 0 Å². The Bertz CT molecular complexity index is 783. The van der Waals surface area contributed by atoms with Gasteiger partial charge in [0.25, 0.3) is 5.56 Å². The number of nitrogens with one attached hydrogen (secondary N) is 2. The van der Waals surface area contributed by atoms with Crippen LogP contribution < -0.4 is 15.6 Å². The third kappa shape index (κ3) is 3.18. The molecular formula is C16H18N4O3. The van der Waals surface area contributed by atoms with Crippen molar-refractivity contribution in [3.63, 3.8) is 0 Å². The molecule has 7 heteroatoms. The summed E-state index contributed by atoms with van der Waals surface area (Å²) in [5.74, 6) is 1.33. The quantitative estimate of drug-likeness (QED) is 0.883. The molecular weight excluding hydrogens is 296 g/mol. The predicted molar refractivity (Wildman–Crippen MR) is 85.7 cm³/mol. The topological polar surface area (TPSA) is 87.3 Å². The molecule has 2 aromatic rings. The molecule has 2 amide bonds. The molecule has 120 valence electrons. The lowest BCUT2D eigenvalue weighted by Crippen LogP contribution is -2.41. The number of aromatic amines is 1. The van der Waals surface area contributed by atoms with Gasteiger partial charge in [0.1, 0.15) is 11.6 Å². The van der Waals surface area contributed by atoms with Gasteiger partial charge in [0, 0.05) is 18.7 Å². The molecule has 2 N–H and O–H groups in total. The number of nitrogens with zero attached hydrogens (tertiary/aromatic N) is 2. The van der Waals surface area contributed by atoms with Gasteiger partial charge in [-0.1, -0.05) is 0 Å². The normalized spacial score (nSPS) is 13.4. The number of fused-ring (bicyclic) bond motifs is 1. The molecule has 1 aliphatic heterocycles. The van der Waals surface area contributed by atoms with E-state index in [4.69, 9.17) is 4.74 Å². The fourth-order valence-electron chi connectivity index (χ4n) is 2.60. The van der Waals surface area contributed by atoms with Gasteiger partial charge in [-0.15, -0.1) is 0 Å². The average Bonchev–Trinajstić information content (AvgIpc) is 2.55. The summed E-state index contributed by atoms with van der Waals surface area (Å²) in [4.78, 5) is 33.0. The highest BCUT2D eigenvalue weighted by Gasteiger charge is 2.24. The van der Waals surface area contributed by atoms with Crippen molar-refractivity contribution in [3.05, 3.63) is 51.7 Å². The molecule has 0 spiro atoms. The first kappa shape index (κ1) is 15.1. The molecule has 1 aliphatic rings. The summed E-state index contributed by atoms with van der Waals surface area (Å²) in [6.45, 7) is 2.55. The van der Waals surface area contributed by atoms with E-state index in [0.29, 0.717) is 30.0 Å². The summed E-state index contributed by atoms with van der Waals surface area (Å²) in [5.41, 5.74) is 1.85. The summed E-state index contributed by atoms with van der Waals surface area (Å²) in [6.07, 6.45) is 0.579. The van der Waals surface area contributed by atoms with Crippen LogP contribution in [-0.4, -0.2) is 34.6 Å². The molecule has 1 aromatic heterocycles. The summed E-state index contributed by atoms with van der Waals surface area (Å²) >= 11 is 0. The van der Waals surface area contributed by atoms with Gasteiger partial charge in [0.15, 0.2) is 0 Å². The van der Waals surface area contributed by atoms with Crippen LogP contribution in [0.25, 0.3) is 0 Å². The summed E-state index contributed by atoms with van der Waals surface area (Å²) in [6, 6.07) is 6.86. The Hall–Kier alpha value is -2.83. The molecule has 2 heterocycles. The Labute approximate surface area is 133 Å². The van der Waals surface area contributed by atoms with Gasteiger partial charge < -0.3 is 19.9 Å². The molecule has 7 nitrogen and oxygen atoms in total. The maximum absolute atomic E-state index is 12.4. The van der Waals surface area contributed by atoms with E-state index in [1.807, 2.05) is 0 Å². The van der Waals surface area contributed by atoms with Gasteiger partial charge in [0.2, 0.25) is 0 Å². The van der Waals surface area contributed by atoms with Gasteiger partial charge in [-0.25, -0.2) is 9.78 Å². The maximum Gasteiger partial charge on any atom is 0.322 e. The molecule has 0 bridgehead atoms. The van der Waals surface area contributed by atoms with Crippen LogP contribution >= 0.6 is 0 Å². The lowest BCUT2D eigenvalue weighted by molar-refractivity contribution is 0.205. The Morgan fingerprint density at radius 3 is 2.78 bits per heavy atom. The van der Waals surface area contributed by atoms with Crippen LogP contribution in [0.4, 0.5) is 10.5 Å². The Balaban J connectivity index is 1.72. The minimum Gasteiger partial charge on any atom is -0.497 e. The van der Waals surface area contributed by atoms with Crippen LogP contribution in [0.1, 0.15) is 17.1 Å². The number of carbonyl (C=O) groups is 1. The van der Waals surface area contributed by atoms with Gasteiger partial charge >= 0.3 is 6.03 Å². The van der Waals surface area contributed by atoms with E-state index in [-0.39, 0.29) is 18.1 Å². The van der Waals surface area contributed by atoms with Gasteiger partial charge in [-0.3, -0.25) is 4.79 Å². The molecule has 0 aliphatic carbocycles. The van der Waals surface area contributed by atoms with Gasteiger partial charge in [-0.05, 0) is 31.2 Å². The van der Waals surface area contributed by atoms with E-state index in [1.165, 1.54) is 0 Å². The van der Waals surface area contributed by atoms with E-state index in [9.17, 15) is 9.59 Å². The first-order chi connectivity index (χ1) is 11.1. The minimum absolute atomic E-state index is 0.172. The van der Waals surface area contributed by atoms with E-state index in [0.717, 1.165) is 11.4 Å². The fourth-order valence-corrected chi connectivity index (χ4v) is 2.60. The number of ether oxygens (including phenoxy) is 1. The number of aryl methyl sites for hydroxylation is 1. The summed E-state index contributed by atoms with van der Waals surface area (Å²) < 4.78 is 5.08. The highest BCUT2D eigenvalue weighted by atomic mass is 16.5. The number of rotatable bonds is 2. The van der Waals surface area contributed by atoms with Crippen molar-refractivity contribution in [3.8, 4) is 5.75 Å². The number of hydrogen-bond donors (Lipinski definition) is 2. The number of anilines is 1. The Morgan fingerprint density at radius 2 is 2.09 bits per heavy atom. The highest BCUT2D eigenvalue weighted by Crippen LogP contribution is 2.18. The molecule has 1 aromatic carbocycles. The molecule has 23 heavy (non-hydrogen) atoms. The predicted octanol–water partition coefficient (Wildman–Crippen LogP) is 1.68. The fraction of sp³-hybridized carbons (Fsp3) is 0.312. The standard InChI is InChI=1S/C16H18N4O3/c1-10-17-14-7-8-20(9-13(14)15(21)18-10)16(22)19-11-3-5-12(23-2)6-4-11/h3-6H,7-9H2,1-2H3,(H,19,22)(H,17,18,21). The van der Waals surface area contributed by atoms with E-state index in [2.05, 4.69) is 15.3 Å². The monoisotopic (exact) mass is 314 g/mol. The van der Waals surface area contributed by atoms with Crippen LogP contribution in [0.5, 0.6) is 5.75 Å². The second-order valence-electron chi connectivity index (χ2n) is 5.41. The van der Waals surface area contributed by atoms with E-state index in [1.54, 1.807) is 43.2 Å². The number of benzene rings is 1. The van der Waals surface area contributed by atoms with Crippen molar-refractivity contribution >= 4 is 11.7 Å². The number of amides is 2. The van der Waals surface area contributed by atoms with Crippen molar-refractivity contribution in [2.45, 2.75) is 19.9 Å². The van der Waals surface area contributed by atoms with Crippen LogP contribution in [0.2, 0.25) is 0 Å². The number of H-pyrrole nitrogens is 1. The first-order valence-electron chi connectivity index (χ1n) is 7.35. The number of aromatic nitrogens is 2. The number of hydrogen-bond acceptors (Lipinski definition) is 4. The molecule has 0 saturated heterocycles. The van der Waals surface area contributed by atoms with E-state index < -0.39 is 0 Å². The second-order valence-corrected chi connectivity index (χ2v) is 5.41. The zero-order chi connectivity index (χ0) is 16.4. The average molecular weight is 314 g/mol.